The summed E-state index contributed by atoms with van der Waals surface area (Å²) < 4.78 is 29.0. The van der Waals surface area contributed by atoms with Gasteiger partial charge in [0.1, 0.15) is 12.6 Å². The molecule has 2 amide bonds. The molecule has 3 aromatic rings. The third-order valence-electron chi connectivity index (χ3n) is 7.69. The third kappa shape index (κ3) is 7.85. The van der Waals surface area contributed by atoms with Crippen LogP contribution in [0, 0.1) is 13.8 Å². The first kappa shape index (κ1) is 31.9. The summed E-state index contributed by atoms with van der Waals surface area (Å²) in [5.74, 6) is -0.808. The molecule has 224 valence electrons. The molecule has 1 N–H and O–H groups in total. The molecule has 0 unspecified atom stereocenters. The summed E-state index contributed by atoms with van der Waals surface area (Å²) in [5.41, 5.74) is 2.65. The largest absolute Gasteiger partial charge is 0.352 e. The van der Waals surface area contributed by atoms with E-state index in [0.717, 1.165) is 53.1 Å². The normalized spacial score (nSPS) is 14.7. The number of nitrogens with one attached hydrogen (secondary N) is 1. The number of amides is 2. The second-order valence-electron chi connectivity index (χ2n) is 10.9. The number of rotatable bonds is 10. The first-order valence-corrected chi connectivity index (χ1v) is 16.3. The predicted molar refractivity (Wildman–Crippen MR) is 168 cm³/mol. The first-order chi connectivity index (χ1) is 20.0. The molecule has 1 aliphatic rings. The summed E-state index contributed by atoms with van der Waals surface area (Å²) in [6, 6.07) is 17.6. The summed E-state index contributed by atoms with van der Waals surface area (Å²) in [6.45, 7) is 4.89. The maximum atomic E-state index is 14.1. The molecule has 3 aromatic carbocycles. The van der Waals surface area contributed by atoms with Gasteiger partial charge in [-0.25, -0.2) is 8.42 Å². The van der Waals surface area contributed by atoms with Crippen molar-refractivity contribution in [3.63, 3.8) is 0 Å². The van der Waals surface area contributed by atoms with Crippen molar-refractivity contribution in [2.75, 3.05) is 10.8 Å². The zero-order valence-corrected chi connectivity index (χ0v) is 26.5. The highest BCUT2D eigenvalue weighted by atomic mass is 35.5. The van der Waals surface area contributed by atoms with Crippen LogP contribution in [0.4, 0.5) is 5.69 Å². The summed E-state index contributed by atoms with van der Waals surface area (Å²) in [4.78, 5) is 29.0. The zero-order chi connectivity index (χ0) is 30.4. The highest BCUT2D eigenvalue weighted by Crippen LogP contribution is 2.29. The molecule has 7 nitrogen and oxygen atoms in total. The molecule has 0 aliphatic heterocycles. The van der Waals surface area contributed by atoms with Crippen molar-refractivity contribution in [1.82, 2.24) is 10.2 Å². The number of hydrogen-bond acceptors (Lipinski definition) is 4. The summed E-state index contributed by atoms with van der Waals surface area (Å²) in [5, 5.41) is 3.98. The Morgan fingerprint density at radius 3 is 2.29 bits per heavy atom. The van der Waals surface area contributed by atoms with Crippen LogP contribution in [0.1, 0.15) is 55.7 Å². The number of hydrogen-bond donors (Lipinski definition) is 1. The monoisotopic (exact) mass is 629 g/mol. The minimum atomic E-state index is -4.17. The molecular formula is C32H37Cl2N3O4S. The van der Waals surface area contributed by atoms with E-state index in [0.29, 0.717) is 10.0 Å². The molecule has 1 atom stereocenters. The van der Waals surface area contributed by atoms with Crippen LogP contribution in [0.3, 0.4) is 0 Å². The molecule has 0 radical (unpaired) electrons. The molecule has 10 heteroatoms. The van der Waals surface area contributed by atoms with Gasteiger partial charge in [0.15, 0.2) is 0 Å². The van der Waals surface area contributed by atoms with Gasteiger partial charge in [0.05, 0.1) is 10.6 Å². The van der Waals surface area contributed by atoms with Gasteiger partial charge < -0.3 is 10.2 Å². The zero-order valence-electron chi connectivity index (χ0n) is 24.1. The van der Waals surface area contributed by atoms with Crippen LogP contribution in [0.2, 0.25) is 10.0 Å². The van der Waals surface area contributed by atoms with Crippen LogP contribution in [0.15, 0.2) is 71.6 Å². The lowest BCUT2D eigenvalue weighted by Crippen LogP contribution is -2.53. The van der Waals surface area contributed by atoms with Crippen molar-refractivity contribution >= 4 is 50.7 Å². The Kier molecular flexibility index (Phi) is 10.6. The fraction of sp³-hybridized carbons (Fsp3) is 0.375. The van der Waals surface area contributed by atoms with Crippen molar-refractivity contribution in [2.45, 2.75) is 76.4 Å². The molecular weight excluding hydrogens is 593 g/mol. The van der Waals surface area contributed by atoms with E-state index in [1.54, 1.807) is 49.4 Å². The van der Waals surface area contributed by atoms with Gasteiger partial charge >= 0.3 is 0 Å². The van der Waals surface area contributed by atoms with E-state index >= 15 is 0 Å². The topological polar surface area (TPSA) is 86.8 Å². The molecule has 1 aliphatic carbocycles. The lowest BCUT2D eigenvalue weighted by atomic mass is 9.95. The molecule has 0 heterocycles. The van der Waals surface area contributed by atoms with Gasteiger partial charge in [-0.1, -0.05) is 78.4 Å². The number of aryl methyl sites for hydroxylation is 2. The lowest BCUT2D eigenvalue weighted by Gasteiger charge is -2.33. The number of benzene rings is 3. The average Bonchev–Trinajstić information content (AvgIpc) is 2.96. The van der Waals surface area contributed by atoms with Crippen LogP contribution in [-0.2, 0) is 26.2 Å². The summed E-state index contributed by atoms with van der Waals surface area (Å²) in [6.07, 6.45) is 5.05. The molecule has 4 rings (SSSR count). The minimum absolute atomic E-state index is 0.0436. The first-order valence-electron chi connectivity index (χ1n) is 14.2. The highest BCUT2D eigenvalue weighted by molar-refractivity contribution is 7.92. The Bertz CT molecular complexity index is 1520. The third-order valence-corrected chi connectivity index (χ3v) is 10.1. The SMILES string of the molecule is Cc1ccc(S(=O)(=O)N(CC(=O)N(Cc2cccc(Cl)c2)[C@H](C)C(=O)NC2CCCCC2)c2ccc(C)c(Cl)c2)cc1. The molecule has 0 bridgehead atoms. The van der Waals surface area contributed by atoms with Crippen molar-refractivity contribution in [3.05, 3.63) is 93.5 Å². The second kappa shape index (κ2) is 13.9. The van der Waals surface area contributed by atoms with Crippen LogP contribution < -0.4 is 9.62 Å². The standard InChI is InChI=1S/C32H37Cl2N3O4S/c1-22-12-16-29(17-13-22)42(40,41)37(28-15-14-23(2)30(34)19-28)21-31(38)36(20-25-8-7-9-26(33)18-25)24(3)32(39)35-27-10-5-4-6-11-27/h7-9,12-19,24,27H,4-6,10-11,20-21H2,1-3H3,(H,35,39)/t24-/m1/s1. The van der Waals surface area contributed by atoms with E-state index in [9.17, 15) is 18.0 Å². The number of anilines is 1. The highest BCUT2D eigenvalue weighted by Gasteiger charge is 2.33. The van der Waals surface area contributed by atoms with E-state index in [1.165, 1.54) is 23.1 Å². The lowest BCUT2D eigenvalue weighted by molar-refractivity contribution is -0.139. The maximum Gasteiger partial charge on any atom is 0.264 e. The molecule has 42 heavy (non-hydrogen) atoms. The Balaban J connectivity index is 1.69. The Labute approximate surface area is 258 Å². The molecule has 0 saturated heterocycles. The van der Waals surface area contributed by atoms with E-state index in [1.807, 2.05) is 19.9 Å². The van der Waals surface area contributed by atoms with Crippen LogP contribution in [-0.4, -0.2) is 43.8 Å². The minimum Gasteiger partial charge on any atom is -0.352 e. The van der Waals surface area contributed by atoms with Gasteiger partial charge in [-0.05, 0) is 81.1 Å². The average molecular weight is 631 g/mol. The van der Waals surface area contributed by atoms with Crippen molar-refractivity contribution < 1.29 is 18.0 Å². The molecule has 1 fully saturated rings. The van der Waals surface area contributed by atoms with E-state index in [-0.39, 0.29) is 29.1 Å². The van der Waals surface area contributed by atoms with Gasteiger partial charge in [-0.3, -0.25) is 13.9 Å². The summed E-state index contributed by atoms with van der Waals surface area (Å²) >= 11 is 12.6. The van der Waals surface area contributed by atoms with Gasteiger partial charge in [0.2, 0.25) is 11.8 Å². The molecule has 0 aromatic heterocycles. The van der Waals surface area contributed by atoms with Crippen LogP contribution >= 0.6 is 23.2 Å². The van der Waals surface area contributed by atoms with E-state index < -0.39 is 28.5 Å². The van der Waals surface area contributed by atoms with Gasteiger partial charge in [-0.2, -0.15) is 0 Å². The number of carbonyl (C=O) groups excluding carboxylic acids is 2. The summed E-state index contributed by atoms with van der Waals surface area (Å²) in [7, 11) is -4.17. The fourth-order valence-corrected chi connectivity index (χ4v) is 6.88. The van der Waals surface area contributed by atoms with Crippen molar-refractivity contribution in [3.8, 4) is 0 Å². The van der Waals surface area contributed by atoms with E-state index in [4.69, 9.17) is 23.2 Å². The maximum absolute atomic E-state index is 14.1. The fourth-order valence-electron chi connectivity index (χ4n) is 5.09. The van der Waals surface area contributed by atoms with Gasteiger partial charge in [0, 0.05) is 22.6 Å². The van der Waals surface area contributed by atoms with Gasteiger partial charge in [0.25, 0.3) is 10.0 Å². The Morgan fingerprint density at radius 1 is 0.952 bits per heavy atom. The van der Waals surface area contributed by atoms with E-state index in [2.05, 4.69) is 5.32 Å². The predicted octanol–water partition coefficient (Wildman–Crippen LogP) is 6.67. The molecule has 0 spiro atoms. The number of carbonyl (C=O) groups is 2. The van der Waals surface area contributed by atoms with Crippen molar-refractivity contribution in [2.24, 2.45) is 0 Å². The van der Waals surface area contributed by atoms with Gasteiger partial charge in [-0.15, -0.1) is 0 Å². The van der Waals surface area contributed by atoms with Crippen LogP contribution in [0.5, 0.6) is 0 Å². The van der Waals surface area contributed by atoms with Crippen molar-refractivity contribution in [1.29, 1.82) is 0 Å². The number of halogens is 2. The Hall–Kier alpha value is -3.07. The number of nitrogens with zero attached hydrogens (tertiary/aromatic N) is 2. The number of sulfonamides is 1. The smallest absolute Gasteiger partial charge is 0.264 e. The second-order valence-corrected chi connectivity index (χ2v) is 13.6. The Morgan fingerprint density at radius 2 is 1.64 bits per heavy atom. The molecule has 1 saturated carbocycles. The quantitative estimate of drug-likeness (QED) is 0.271. The van der Waals surface area contributed by atoms with Crippen LogP contribution in [0.25, 0.3) is 0 Å².